The summed E-state index contributed by atoms with van der Waals surface area (Å²) in [4.78, 5) is 19.9. The average Bonchev–Trinajstić information content (AvgIpc) is 2.68. The zero-order chi connectivity index (χ0) is 22.5. The smallest absolute Gasteiger partial charge is 0.264 e. The summed E-state index contributed by atoms with van der Waals surface area (Å²) in [6.45, 7) is 1.71. The van der Waals surface area contributed by atoms with Crippen molar-refractivity contribution < 1.29 is 21.6 Å². The number of hydrogen-bond acceptors (Lipinski definition) is 7. The summed E-state index contributed by atoms with van der Waals surface area (Å²) in [7, 11) is -7.58. The van der Waals surface area contributed by atoms with Crippen molar-refractivity contribution in [3.63, 3.8) is 0 Å². The minimum Gasteiger partial charge on any atom is -0.325 e. The highest BCUT2D eigenvalue weighted by Crippen LogP contribution is 2.17. The second-order valence-electron chi connectivity index (χ2n) is 6.72. The van der Waals surface area contributed by atoms with E-state index in [9.17, 15) is 21.6 Å². The summed E-state index contributed by atoms with van der Waals surface area (Å²) in [6.07, 6.45) is 1.44. The summed E-state index contributed by atoms with van der Waals surface area (Å²) in [6, 6.07) is 15.5. The van der Waals surface area contributed by atoms with Crippen LogP contribution in [0, 0.1) is 6.92 Å². The first-order chi connectivity index (χ1) is 14.6. The van der Waals surface area contributed by atoms with Crippen molar-refractivity contribution in [3.05, 3.63) is 78.1 Å². The van der Waals surface area contributed by atoms with Gasteiger partial charge in [0.2, 0.25) is 11.9 Å². The van der Waals surface area contributed by atoms with Crippen LogP contribution in [0.25, 0.3) is 0 Å². The molecule has 3 rings (SSSR count). The van der Waals surface area contributed by atoms with Crippen molar-refractivity contribution in [1.82, 2.24) is 9.97 Å². The van der Waals surface area contributed by atoms with Crippen molar-refractivity contribution in [3.8, 4) is 0 Å². The molecule has 9 nitrogen and oxygen atoms in total. The highest BCUT2D eigenvalue weighted by Gasteiger charge is 2.19. The van der Waals surface area contributed by atoms with E-state index in [2.05, 4.69) is 20.0 Å². The van der Waals surface area contributed by atoms with E-state index in [1.54, 1.807) is 43.3 Å². The molecule has 1 aromatic heterocycles. The molecule has 31 heavy (non-hydrogen) atoms. The van der Waals surface area contributed by atoms with Gasteiger partial charge in [-0.05, 0) is 42.8 Å². The Morgan fingerprint density at radius 2 is 1.61 bits per heavy atom. The molecule has 1 amide bonds. The predicted octanol–water partition coefficient (Wildman–Crippen LogP) is 2.14. The second kappa shape index (κ2) is 9.23. The second-order valence-corrected chi connectivity index (χ2v) is 10.5. The van der Waals surface area contributed by atoms with Gasteiger partial charge in [0.1, 0.15) is 5.75 Å². The van der Waals surface area contributed by atoms with Crippen molar-refractivity contribution in [2.24, 2.45) is 0 Å². The van der Waals surface area contributed by atoms with Crippen molar-refractivity contribution in [1.29, 1.82) is 0 Å². The third-order valence-electron chi connectivity index (χ3n) is 4.05. The molecule has 0 atom stereocenters. The van der Waals surface area contributed by atoms with E-state index in [1.165, 1.54) is 30.5 Å². The molecule has 0 unspecified atom stereocenters. The molecular weight excluding hydrogens is 440 g/mol. The van der Waals surface area contributed by atoms with Crippen LogP contribution in [0.4, 0.5) is 11.6 Å². The molecule has 1 heterocycles. The largest absolute Gasteiger partial charge is 0.325 e. The summed E-state index contributed by atoms with van der Waals surface area (Å²) >= 11 is 0. The third kappa shape index (κ3) is 6.59. The minimum absolute atomic E-state index is 0.0546. The molecule has 162 valence electrons. The maximum atomic E-state index is 12.4. The first kappa shape index (κ1) is 22.4. The van der Waals surface area contributed by atoms with E-state index in [4.69, 9.17) is 0 Å². The molecule has 0 aliphatic rings. The van der Waals surface area contributed by atoms with Gasteiger partial charge in [0.15, 0.2) is 9.84 Å². The number of rotatable bonds is 8. The van der Waals surface area contributed by atoms with Crippen LogP contribution in [0.2, 0.25) is 0 Å². The van der Waals surface area contributed by atoms with Crippen LogP contribution in [0.3, 0.4) is 0 Å². The normalized spacial score (nSPS) is 11.6. The van der Waals surface area contributed by atoms with E-state index >= 15 is 0 Å². The standard InChI is InChI=1S/C20H20N4O5S2/c1-15-11-12-21-20(22-15)24-31(28,29)18-9-7-17(8-10-18)23-19(25)14-30(26,27)13-16-5-3-2-4-6-16/h2-12H,13-14H2,1H3,(H,23,25)(H,21,22,24). The molecule has 3 aromatic rings. The summed E-state index contributed by atoms with van der Waals surface area (Å²) in [5, 5.41) is 2.46. The number of benzene rings is 2. The maximum Gasteiger partial charge on any atom is 0.264 e. The van der Waals surface area contributed by atoms with E-state index < -0.39 is 31.5 Å². The number of anilines is 2. The van der Waals surface area contributed by atoms with Crippen LogP contribution >= 0.6 is 0 Å². The number of hydrogen-bond donors (Lipinski definition) is 2. The number of aromatic nitrogens is 2. The zero-order valence-corrected chi connectivity index (χ0v) is 18.2. The van der Waals surface area contributed by atoms with E-state index in [1.807, 2.05) is 0 Å². The fraction of sp³-hybridized carbons (Fsp3) is 0.150. The lowest BCUT2D eigenvalue weighted by molar-refractivity contribution is -0.113. The number of sulfone groups is 1. The quantitative estimate of drug-likeness (QED) is 0.526. The predicted molar refractivity (Wildman–Crippen MR) is 117 cm³/mol. The number of carbonyl (C=O) groups excluding carboxylic acids is 1. The van der Waals surface area contributed by atoms with Crippen LogP contribution in [0.1, 0.15) is 11.3 Å². The zero-order valence-electron chi connectivity index (χ0n) is 16.5. The number of sulfonamides is 1. The third-order valence-corrected chi connectivity index (χ3v) is 6.87. The van der Waals surface area contributed by atoms with Gasteiger partial charge in [-0.25, -0.2) is 31.5 Å². The van der Waals surface area contributed by atoms with E-state index in [-0.39, 0.29) is 22.3 Å². The first-order valence-electron chi connectivity index (χ1n) is 9.10. The lowest BCUT2D eigenvalue weighted by Gasteiger charge is -2.09. The van der Waals surface area contributed by atoms with E-state index in [0.29, 0.717) is 11.3 Å². The molecule has 0 saturated heterocycles. The van der Waals surface area contributed by atoms with Gasteiger partial charge < -0.3 is 5.32 Å². The Bertz CT molecular complexity index is 1280. The summed E-state index contributed by atoms with van der Waals surface area (Å²) in [5.41, 5.74) is 1.47. The number of aryl methyl sites for hydroxylation is 1. The van der Waals surface area contributed by atoms with Crippen molar-refractivity contribution in [2.75, 3.05) is 15.8 Å². The Balaban J connectivity index is 1.62. The molecule has 0 aliphatic heterocycles. The molecule has 2 N–H and O–H groups in total. The molecule has 0 bridgehead atoms. The Hall–Kier alpha value is -3.31. The van der Waals surface area contributed by atoms with Gasteiger partial charge in [-0.1, -0.05) is 30.3 Å². The topological polar surface area (TPSA) is 135 Å². The Morgan fingerprint density at radius 3 is 2.26 bits per heavy atom. The number of nitrogens with zero attached hydrogens (tertiary/aromatic N) is 2. The molecule has 0 radical (unpaired) electrons. The highest BCUT2D eigenvalue weighted by atomic mass is 32.2. The van der Waals surface area contributed by atoms with Gasteiger partial charge in [0.25, 0.3) is 10.0 Å². The maximum absolute atomic E-state index is 12.4. The minimum atomic E-state index is -3.92. The number of nitrogens with one attached hydrogen (secondary N) is 2. The molecule has 2 aromatic carbocycles. The monoisotopic (exact) mass is 460 g/mol. The fourth-order valence-corrected chi connectivity index (χ4v) is 4.90. The van der Waals surface area contributed by atoms with Crippen molar-refractivity contribution >= 4 is 37.4 Å². The van der Waals surface area contributed by atoms with Crippen molar-refractivity contribution in [2.45, 2.75) is 17.6 Å². The summed E-state index contributed by atoms with van der Waals surface area (Å²) < 4.78 is 51.6. The van der Waals surface area contributed by atoms with Crippen LogP contribution in [-0.4, -0.2) is 38.5 Å². The van der Waals surface area contributed by atoms with Gasteiger partial charge in [-0.2, -0.15) is 0 Å². The average molecular weight is 461 g/mol. The van der Waals surface area contributed by atoms with Crippen LogP contribution in [0.5, 0.6) is 0 Å². The van der Waals surface area contributed by atoms with Gasteiger partial charge in [-0.3, -0.25) is 4.79 Å². The van der Waals surface area contributed by atoms with Crippen LogP contribution in [0.15, 0.2) is 71.8 Å². The van der Waals surface area contributed by atoms with Crippen LogP contribution in [-0.2, 0) is 30.4 Å². The lowest BCUT2D eigenvalue weighted by atomic mass is 10.2. The molecule has 0 aliphatic carbocycles. The molecule has 0 fully saturated rings. The number of carbonyl (C=O) groups is 1. The van der Waals surface area contributed by atoms with Gasteiger partial charge in [0.05, 0.1) is 10.6 Å². The van der Waals surface area contributed by atoms with Gasteiger partial charge >= 0.3 is 0 Å². The number of amides is 1. The SMILES string of the molecule is Cc1ccnc(NS(=O)(=O)c2ccc(NC(=O)CS(=O)(=O)Cc3ccccc3)cc2)n1. The molecule has 11 heteroatoms. The first-order valence-corrected chi connectivity index (χ1v) is 12.4. The molecular formula is C20H20N4O5S2. The fourth-order valence-electron chi connectivity index (χ4n) is 2.67. The molecule has 0 spiro atoms. The summed E-state index contributed by atoms with van der Waals surface area (Å²) in [5.74, 6) is -1.70. The molecule has 0 saturated carbocycles. The Labute approximate surface area is 180 Å². The Kier molecular flexibility index (Phi) is 6.66. The van der Waals surface area contributed by atoms with Gasteiger partial charge in [0, 0.05) is 17.6 Å². The highest BCUT2D eigenvalue weighted by molar-refractivity contribution is 7.92. The lowest BCUT2D eigenvalue weighted by Crippen LogP contribution is -2.24. The van der Waals surface area contributed by atoms with Crippen LogP contribution < -0.4 is 10.0 Å². The van der Waals surface area contributed by atoms with Gasteiger partial charge in [-0.15, -0.1) is 0 Å². The van der Waals surface area contributed by atoms with E-state index in [0.717, 1.165) is 0 Å². The Morgan fingerprint density at radius 1 is 0.935 bits per heavy atom.